The van der Waals surface area contributed by atoms with Crippen LogP contribution in [0.4, 0.5) is 0 Å². The van der Waals surface area contributed by atoms with Crippen molar-refractivity contribution in [3.63, 3.8) is 0 Å². The van der Waals surface area contributed by atoms with Gasteiger partial charge in [0.2, 0.25) is 5.91 Å². The van der Waals surface area contributed by atoms with Crippen LogP contribution in [0.2, 0.25) is 0 Å². The van der Waals surface area contributed by atoms with Crippen LogP contribution >= 0.6 is 0 Å². The van der Waals surface area contributed by atoms with Crippen molar-refractivity contribution in [3.05, 3.63) is 34.9 Å². The minimum absolute atomic E-state index is 0.0951. The fourth-order valence-electron chi connectivity index (χ4n) is 1.21. The van der Waals surface area contributed by atoms with Crippen LogP contribution in [0.1, 0.15) is 28.4 Å². The molecule has 0 heterocycles. The molecule has 0 fully saturated rings. The molecule has 0 saturated carbocycles. The summed E-state index contributed by atoms with van der Waals surface area (Å²) in [4.78, 5) is 21.1. The molecule has 0 aliphatic carbocycles. The van der Waals surface area contributed by atoms with Gasteiger partial charge in [0.05, 0.1) is 6.54 Å². The first kappa shape index (κ1) is 12.0. The van der Waals surface area contributed by atoms with Crippen LogP contribution in [0.5, 0.6) is 0 Å². The zero-order valence-corrected chi connectivity index (χ0v) is 9.33. The molecule has 0 saturated heterocycles. The third kappa shape index (κ3) is 3.58. The Bertz CT molecular complexity index is 467. The van der Waals surface area contributed by atoms with E-state index in [-0.39, 0.29) is 5.91 Å². The number of aldehydes is 1. The van der Waals surface area contributed by atoms with Crippen molar-refractivity contribution in [2.24, 2.45) is 0 Å². The first-order valence-corrected chi connectivity index (χ1v) is 4.92. The number of carbonyl (C=O) groups is 2. The number of rotatable bonds is 2. The Hall–Kier alpha value is -2.08. The third-order valence-electron chi connectivity index (χ3n) is 2.04. The topological polar surface area (TPSA) is 46.2 Å². The van der Waals surface area contributed by atoms with Crippen LogP contribution in [-0.2, 0) is 4.79 Å². The molecule has 0 aliphatic heterocycles. The van der Waals surface area contributed by atoms with Crippen LogP contribution in [-0.4, -0.2) is 18.7 Å². The largest absolute Gasteiger partial charge is 0.345 e. The third-order valence-corrected chi connectivity index (χ3v) is 2.04. The molecule has 1 aromatic carbocycles. The second-order valence-electron chi connectivity index (χ2n) is 3.40. The lowest BCUT2D eigenvalue weighted by atomic mass is 10.1. The fourth-order valence-corrected chi connectivity index (χ4v) is 1.21. The quantitative estimate of drug-likeness (QED) is 0.597. The Morgan fingerprint density at radius 2 is 2.25 bits per heavy atom. The minimum atomic E-state index is -0.0951. The van der Waals surface area contributed by atoms with Gasteiger partial charge >= 0.3 is 0 Å². The predicted octanol–water partition coefficient (Wildman–Crippen LogP) is 1.30. The molecule has 0 radical (unpaired) electrons. The molecular formula is C13H13NO2. The molecule has 0 atom stereocenters. The van der Waals surface area contributed by atoms with E-state index in [1.165, 1.54) is 6.92 Å². The van der Waals surface area contributed by atoms with Crippen molar-refractivity contribution in [2.45, 2.75) is 13.8 Å². The summed E-state index contributed by atoms with van der Waals surface area (Å²) in [6.45, 7) is 3.69. The van der Waals surface area contributed by atoms with E-state index in [4.69, 9.17) is 0 Å². The average molecular weight is 215 g/mol. The van der Waals surface area contributed by atoms with E-state index in [0.29, 0.717) is 12.1 Å². The van der Waals surface area contributed by atoms with Gasteiger partial charge in [0, 0.05) is 18.1 Å². The Balaban J connectivity index is 2.73. The van der Waals surface area contributed by atoms with E-state index < -0.39 is 0 Å². The molecule has 0 aromatic heterocycles. The zero-order valence-electron chi connectivity index (χ0n) is 9.33. The molecule has 1 N–H and O–H groups in total. The van der Waals surface area contributed by atoms with Crippen LogP contribution in [0.25, 0.3) is 0 Å². The number of benzene rings is 1. The molecule has 3 nitrogen and oxygen atoms in total. The van der Waals surface area contributed by atoms with Gasteiger partial charge in [-0.2, -0.15) is 0 Å². The predicted molar refractivity (Wildman–Crippen MR) is 62.1 cm³/mol. The number of nitrogens with one attached hydrogen (secondary N) is 1. The van der Waals surface area contributed by atoms with Crippen molar-refractivity contribution in [1.29, 1.82) is 0 Å². The molecule has 0 aliphatic rings. The highest BCUT2D eigenvalue weighted by atomic mass is 16.1. The number of carbonyl (C=O) groups excluding carboxylic acids is 2. The van der Waals surface area contributed by atoms with E-state index >= 15 is 0 Å². The molecule has 16 heavy (non-hydrogen) atoms. The fraction of sp³-hybridized carbons (Fsp3) is 0.231. The molecule has 0 unspecified atom stereocenters. The molecule has 0 bridgehead atoms. The van der Waals surface area contributed by atoms with Gasteiger partial charge in [0.1, 0.15) is 6.29 Å². The second kappa shape index (κ2) is 5.72. The van der Waals surface area contributed by atoms with Crippen molar-refractivity contribution >= 4 is 12.2 Å². The molecule has 1 amide bonds. The molecule has 0 spiro atoms. The Morgan fingerprint density at radius 1 is 1.50 bits per heavy atom. The maximum atomic E-state index is 10.6. The average Bonchev–Trinajstić information content (AvgIpc) is 2.25. The summed E-state index contributed by atoms with van der Waals surface area (Å²) in [7, 11) is 0. The summed E-state index contributed by atoms with van der Waals surface area (Å²) in [5.41, 5.74) is 2.47. The first-order valence-electron chi connectivity index (χ1n) is 4.92. The van der Waals surface area contributed by atoms with Crippen molar-refractivity contribution in [1.82, 2.24) is 5.32 Å². The van der Waals surface area contributed by atoms with Crippen LogP contribution in [0, 0.1) is 18.8 Å². The van der Waals surface area contributed by atoms with Crippen molar-refractivity contribution in [3.8, 4) is 11.8 Å². The highest BCUT2D eigenvalue weighted by Gasteiger charge is 1.96. The normalized spacial score (nSPS) is 8.88. The van der Waals surface area contributed by atoms with Crippen molar-refractivity contribution < 1.29 is 9.59 Å². The maximum Gasteiger partial charge on any atom is 0.217 e. The summed E-state index contributed by atoms with van der Waals surface area (Å²) in [5, 5.41) is 2.59. The Kier molecular flexibility index (Phi) is 4.28. The number of hydrogen-bond donors (Lipinski definition) is 1. The SMILES string of the molecule is CC(=O)NCC#Cc1ccc(C=O)cc1C. The zero-order chi connectivity index (χ0) is 12.0. The number of hydrogen-bond acceptors (Lipinski definition) is 2. The van der Waals surface area contributed by atoms with E-state index in [0.717, 1.165) is 17.4 Å². The highest BCUT2D eigenvalue weighted by molar-refractivity contribution is 5.75. The number of amides is 1. The monoisotopic (exact) mass is 215 g/mol. The summed E-state index contributed by atoms with van der Waals surface area (Å²) in [5.74, 6) is 5.68. The highest BCUT2D eigenvalue weighted by Crippen LogP contribution is 2.08. The second-order valence-corrected chi connectivity index (χ2v) is 3.40. The lowest BCUT2D eigenvalue weighted by Gasteiger charge is -1.98. The Labute approximate surface area is 94.9 Å². The van der Waals surface area contributed by atoms with Gasteiger partial charge in [-0.3, -0.25) is 9.59 Å². The van der Waals surface area contributed by atoms with Crippen LogP contribution in [0.15, 0.2) is 18.2 Å². The summed E-state index contributed by atoms with van der Waals surface area (Å²) >= 11 is 0. The first-order chi connectivity index (χ1) is 7.63. The molecule has 3 heteroatoms. The van der Waals surface area contributed by atoms with Gasteiger partial charge in [-0.15, -0.1) is 0 Å². The molecule has 1 rings (SSSR count). The van der Waals surface area contributed by atoms with E-state index in [2.05, 4.69) is 17.2 Å². The van der Waals surface area contributed by atoms with Crippen LogP contribution in [0.3, 0.4) is 0 Å². The summed E-state index contributed by atoms with van der Waals surface area (Å²) < 4.78 is 0. The van der Waals surface area contributed by atoms with E-state index in [1.54, 1.807) is 18.2 Å². The van der Waals surface area contributed by atoms with Gasteiger partial charge in [-0.1, -0.05) is 17.9 Å². The minimum Gasteiger partial charge on any atom is -0.345 e. The standard InChI is InChI=1S/C13H13NO2/c1-10-8-12(9-15)5-6-13(10)4-3-7-14-11(2)16/h5-6,8-9H,7H2,1-2H3,(H,14,16). The van der Waals surface area contributed by atoms with Gasteiger partial charge < -0.3 is 5.32 Å². The summed E-state index contributed by atoms with van der Waals surface area (Å²) in [6, 6.07) is 5.32. The van der Waals surface area contributed by atoms with Gasteiger partial charge in [-0.25, -0.2) is 0 Å². The smallest absolute Gasteiger partial charge is 0.217 e. The van der Waals surface area contributed by atoms with Gasteiger partial charge in [-0.05, 0) is 24.6 Å². The lowest BCUT2D eigenvalue weighted by Crippen LogP contribution is -2.19. The molecule has 1 aromatic rings. The number of aryl methyl sites for hydroxylation is 1. The molecular weight excluding hydrogens is 202 g/mol. The molecule has 82 valence electrons. The van der Waals surface area contributed by atoms with Crippen molar-refractivity contribution in [2.75, 3.05) is 6.54 Å². The maximum absolute atomic E-state index is 10.6. The van der Waals surface area contributed by atoms with Crippen LogP contribution < -0.4 is 5.32 Å². The lowest BCUT2D eigenvalue weighted by molar-refractivity contribution is -0.118. The van der Waals surface area contributed by atoms with Gasteiger partial charge in [0.25, 0.3) is 0 Å². The van der Waals surface area contributed by atoms with Gasteiger partial charge in [0.15, 0.2) is 0 Å². The summed E-state index contributed by atoms with van der Waals surface area (Å²) in [6.07, 6.45) is 0.807. The Morgan fingerprint density at radius 3 is 2.81 bits per heavy atom. The van der Waals surface area contributed by atoms with E-state index in [1.807, 2.05) is 6.92 Å². The van der Waals surface area contributed by atoms with E-state index in [9.17, 15) is 9.59 Å².